The fourth-order valence-corrected chi connectivity index (χ4v) is 15.4. The summed E-state index contributed by atoms with van der Waals surface area (Å²) >= 11 is 6.48. The average Bonchev–Trinajstić information content (AvgIpc) is 1.87. The van der Waals surface area contributed by atoms with Crippen molar-refractivity contribution in [3.8, 4) is 22.5 Å². The van der Waals surface area contributed by atoms with E-state index in [-0.39, 0.29) is 43.0 Å². The van der Waals surface area contributed by atoms with E-state index in [0.29, 0.717) is 23.4 Å². The number of aromatic nitrogens is 6. The molecule has 13 rings (SSSR count). The Morgan fingerprint density at radius 3 is 1.50 bits per heavy atom. The molecular formula is C62H76BBrN8O8S4. The van der Waals surface area contributed by atoms with E-state index in [4.69, 9.17) is 23.8 Å². The van der Waals surface area contributed by atoms with Crippen molar-refractivity contribution >= 4 is 93.4 Å². The Kier molecular flexibility index (Phi) is 19.9. The third-order valence-corrected chi connectivity index (χ3v) is 21.7. The molecule has 3 saturated heterocycles. The summed E-state index contributed by atoms with van der Waals surface area (Å²) in [6.07, 6.45) is 17.8. The van der Waals surface area contributed by atoms with Gasteiger partial charge < -0.3 is 18.8 Å². The molecular weight excluding hydrogens is 1200 g/mol. The maximum Gasteiger partial charge on any atom is 0.490 e. The van der Waals surface area contributed by atoms with Gasteiger partial charge in [0.2, 0.25) is 0 Å². The van der Waals surface area contributed by atoms with E-state index in [9.17, 15) is 16.8 Å². The van der Waals surface area contributed by atoms with Crippen LogP contribution < -0.4 is 0 Å². The van der Waals surface area contributed by atoms with Gasteiger partial charge in [-0.25, -0.2) is 44.7 Å². The first-order valence-corrected chi connectivity index (χ1v) is 33.3. The Morgan fingerprint density at radius 2 is 1.07 bits per heavy atom. The number of thiazole rings is 2. The van der Waals surface area contributed by atoms with E-state index in [1.807, 2.05) is 42.9 Å². The number of morpholine rings is 2. The smallest absolute Gasteiger partial charge is 0.400 e. The Bertz CT molecular complexity index is 3860. The molecule has 84 heavy (non-hydrogen) atoms. The van der Waals surface area contributed by atoms with Gasteiger partial charge in [-0.2, -0.15) is 0 Å². The number of fused-ring (bicyclic) bond motifs is 2. The summed E-state index contributed by atoms with van der Waals surface area (Å²) in [5.41, 5.74) is 7.02. The minimum absolute atomic E-state index is 0. The van der Waals surface area contributed by atoms with Crippen LogP contribution in [-0.2, 0) is 38.8 Å². The lowest BCUT2D eigenvalue weighted by atomic mass is 9.71. The Labute approximate surface area is 512 Å². The minimum atomic E-state index is -3.80. The molecule has 5 aliphatic rings. The highest BCUT2D eigenvalue weighted by molar-refractivity contribution is 9.10. The molecule has 2 aromatic carbocycles. The second-order valence-corrected chi connectivity index (χ2v) is 28.9. The fourth-order valence-electron chi connectivity index (χ4n) is 11.1. The van der Waals surface area contributed by atoms with Crippen molar-refractivity contribution < 1.29 is 35.6 Å². The van der Waals surface area contributed by atoms with Crippen molar-refractivity contribution in [2.75, 3.05) is 52.6 Å². The molecule has 0 bridgehead atoms. The zero-order valence-corrected chi connectivity index (χ0v) is 51.9. The summed E-state index contributed by atoms with van der Waals surface area (Å²) in [5.74, 6) is 0. The van der Waals surface area contributed by atoms with E-state index in [2.05, 4.69) is 86.6 Å². The van der Waals surface area contributed by atoms with Gasteiger partial charge in [-0.3, -0.25) is 9.80 Å². The average molecular weight is 1280 g/mol. The largest absolute Gasteiger partial charge is 0.490 e. The van der Waals surface area contributed by atoms with Gasteiger partial charge in [-0.15, -0.1) is 22.7 Å². The molecule has 16 nitrogen and oxygen atoms in total. The first kappa shape index (κ1) is 63.3. The maximum absolute atomic E-state index is 13.6. The maximum atomic E-state index is 13.6. The van der Waals surface area contributed by atoms with Crippen LogP contribution in [-0.4, -0.2) is 138 Å². The highest BCUT2D eigenvalue weighted by Crippen LogP contribution is 2.42. The van der Waals surface area contributed by atoms with Crippen molar-refractivity contribution in [1.82, 2.24) is 37.7 Å². The van der Waals surface area contributed by atoms with Gasteiger partial charge in [0.15, 0.2) is 11.3 Å². The number of nitrogens with zero attached hydrogens (tertiary/aromatic N) is 8. The molecule has 2 unspecified atom stereocenters. The highest BCUT2D eigenvalue weighted by Gasteiger charge is 2.52. The Hall–Kier alpha value is -5.24. The normalized spacial score (nSPS) is 20.2. The zero-order chi connectivity index (χ0) is 57.4. The van der Waals surface area contributed by atoms with E-state index in [0.717, 1.165) is 138 Å². The van der Waals surface area contributed by atoms with E-state index < -0.39 is 20.0 Å². The molecule has 0 saturated carbocycles. The van der Waals surface area contributed by atoms with Crippen LogP contribution in [0.25, 0.3) is 50.2 Å². The van der Waals surface area contributed by atoms with Crippen LogP contribution in [0.4, 0.5) is 0 Å². The van der Waals surface area contributed by atoms with E-state index in [1.165, 1.54) is 36.7 Å². The van der Waals surface area contributed by atoms with Gasteiger partial charge in [0, 0.05) is 100 Å². The quantitative estimate of drug-likeness (QED) is 0.118. The number of ether oxygens (including phenoxy) is 2. The van der Waals surface area contributed by atoms with Gasteiger partial charge in [0.25, 0.3) is 20.0 Å². The number of hydrogen-bond donors (Lipinski definition) is 0. The summed E-state index contributed by atoms with van der Waals surface area (Å²) in [4.78, 5) is 23.8. The number of hydrogen-bond acceptors (Lipinski definition) is 16. The molecule has 6 aromatic heterocycles. The standard InChI is InChI=1S/C27H28N4O3S2.C17H12BrN3O2S2.C16H28BNO3.2CH4/c1-19-29-26(18-35-19)25-17-31(36(32,33)23-5-3-2-4-6-23)27-24(25)15-21(16-28-27)20-7-9-22(10-8-20)30-11-13-34-14-12-30;1-11-20-16(10-24-11)15-9-21(17-14(15)7-12(18)8-19-17)25(22,23)13-5-3-2-4-6-13;1-15(2)16(3,4)21-17(20-15)13-5-7-14(8-6-13)18-9-11-19-12-10-18;;/h2-7,15-18,22H,8-14H2,1H3;2-10H,1H3;5,14H,6-12H2,1-4H3;2*1H4. The van der Waals surface area contributed by atoms with Crippen molar-refractivity contribution in [3.05, 3.63) is 146 Å². The number of allylic oxidation sites excluding steroid dienone is 2. The molecule has 8 aromatic rings. The highest BCUT2D eigenvalue weighted by atomic mass is 79.9. The zero-order valence-electron chi connectivity index (χ0n) is 47.0. The number of halogens is 1. The Balaban J connectivity index is 0.000000156. The van der Waals surface area contributed by atoms with E-state index in [1.54, 1.807) is 84.5 Å². The molecule has 3 aliphatic heterocycles. The summed E-state index contributed by atoms with van der Waals surface area (Å²) in [6, 6.07) is 22.0. The van der Waals surface area contributed by atoms with Gasteiger partial charge in [-0.05, 0) is 149 Å². The Morgan fingerprint density at radius 1 is 0.619 bits per heavy atom. The number of benzene rings is 2. The minimum Gasteiger partial charge on any atom is -0.400 e. The molecule has 0 N–H and O–H groups in total. The SMILES string of the molecule is C.C.CC1(C)OB(C2=CCC(N3CCOCC3)CC2)OC1(C)C.Cc1nc(-c2cn(S(=O)(=O)c3ccccc3)c3ncc(Br)cc23)cs1.Cc1nc(-c2cn(S(=O)(=O)c3ccccc3)c3ncc(C4=CCC(N5CCOCC5)CC4)cc23)cs1. The molecule has 0 amide bonds. The summed E-state index contributed by atoms with van der Waals surface area (Å²) in [7, 11) is -7.70. The van der Waals surface area contributed by atoms with Gasteiger partial charge in [0.1, 0.15) is 0 Å². The number of aryl methyl sites for hydroxylation is 2. The van der Waals surface area contributed by atoms with E-state index >= 15 is 0 Å². The molecule has 9 heterocycles. The third-order valence-electron chi connectivity index (χ3n) is 16.4. The number of pyridine rings is 2. The summed E-state index contributed by atoms with van der Waals surface area (Å²) in [6.45, 7) is 19.9. The molecule has 2 atom stereocenters. The van der Waals surface area contributed by atoms with Crippen molar-refractivity contribution in [2.24, 2.45) is 0 Å². The third kappa shape index (κ3) is 13.3. The monoisotopic (exact) mass is 1280 g/mol. The van der Waals surface area contributed by atoms with Gasteiger partial charge >= 0.3 is 7.12 Å². The topological polar surface area (TPSA) is 173 Å². The molecule has 446 valence electrons. The predicted octanol–water partition coefficient (Wildman–Crippen LogP) is 13.1. The molecule has 3 fully saturated rings. The second kappa shape index (κ2) is 26.4. The molecule has 22 heteroatoms. The molecule has 0 radical (unpaired) electrons. The van der Waals surface area contributed by atoms with Gasteiger partial charge in [0.05, 0.1) is 68.8 Å². The van der Waals surface area contributed by atoms with Crippen LogP contribution in [0.2, 0.25) is 0 Å². The lowest BCUT2D eigenvalue weighted by molar-refractivity contribution is 0.00578. The first-order valence-electron chi connectivity index (χ1n) is 27.9. The predicted molar refractivity (Wildman–Crippen MR) is 343 cm³/mol. The number of rotatable bonds is 10. The van der Waals surface area contributed by atoms with Crippen LogP contribution in [0.1, 0.15) is 96.7 Å². The van der Waals surface area contributed by atoms with Crippen LogP contribution >= 0.6 is 38.6 Å². The lowest BCUT2D eigenvalue weighted by Gasteiger charge is -2.36. The second-order valence-electron chi connectivity index (χ2n) is 22.2. The molecule has 0 spiro atoms. The molecule has 2 aliphatic carbocycles. The summed E-state index contributed by atoms with van der Waals surface area (Å²) in [5, 5.41) is 7.29. The van der Waals surface area contributed by atoms with Crippen LogP contribution in [0.3, 0.4) is 0 Å². The van der Waals surface area contributed by atoms with Gasteiger partial charge in [-0.1, -0.05) is 63.4 Å². The van der Waals surface area contributed by atoms with Crippen molar-refractivity contribution in [2.45, 2.75) is 128 Å². The first-order chi connectivity index (χ1) is 39.4. The lowest BCUT2D eigenvalue weighted by Crippen LogP contribution is -2.44. The van der Waals surface area contributed by atoms with Crippen LogP contribution in [0.15, 0.2) is 140 Å². The van der Waals surface area contributed by atoms with Crippen molar-refractivity contribution in [3.63, 3.8) is 0 Å². The van der Waals surface area contributed by atoms with Crippen LogP contribution in [0, 0.1) is 13.8 Å². The van der Waals surface area contributed by atoms with Crippen molar-refractivity contribution in [1.29, 1.82) is 0 Å². The fraction of sp³-hybridized carbons (Fsp3) is 0.419. The summed E-state index contributed by atoms with van der Waals surface area (Å²) < 4.78 is 79.8. The van der Waals surface area contributed by atoms with Crippen LogP contribution in [0.5, 0.6) is 0 Å².